The average molecular weight is 332 g/mol. The van der Waals surface area contributed by atoms with Gasteiger partial charge in [0.15, 0.2) is 6.61 Å². The second-order valence-corrected chi connectivity index (χ2v) is 5.35. The molecule has 23 heavy (non-hydrogen) atoms. The number of rotatable bonds is 5. The van der Waals surface area contributed by atoms with Crippen molar-refractivity contribution in [1.29, 1.82) is 0 Å². The molecule has 0 radical (unpaired) electrons. The second kappa shape index (κ2) is 7.54. The van der Waals surface area contributed by atoms with Crippen LogP contribution >= 0.6 is 0 Å². The fourth-order valence-corrected chi connectivity index (χ4v) is 2.19. The summed E-state index contributed by atoms with van der Waals surface area (Å²) in [5, 5.41) is 5.52. The van der Waals surface area contributed by atoms with Crippen molar-refractivity contribution in [3.63, 3.8) is 0 Å². The van der Waals surface area contributed by atoms with Crippen LogP contribution < -0.4 is 15.4 Å². The van der Waals surface area contributed by atoms with Gasteiger partial charge in [0.2, 0.25) is 0 Å². The zero-order valence-electron chi connectivity index (χ0n) is 12.7. The lowest BCUT2D eigenvalue weighted by atomic mass is 10.2. The Morgan fingerprint density at radius 3 is 2.61 bits per heavy atom. The van der Waals surface area contributed by atoms with E-state index in [9.17, 15) is 18.0 Å². The highest BCUT2D eigenvalue weighted by atomic mass is 19.4. The fourth-order valence-electron chi connectivity index (χ4n) is 2.19. The van der Waals surface area contributed by atoms with Crippen LogP contribution in [0.5, 0.6) is 5.75 Å². The first-order valence-electron chi connectivity index (χ1n) is 7.28. The molecule has 1 aliphatic rings. The number of carbonyl (C=O) groups excluding carboxylic acids is 1. The number of hydrogen-bond donors (Lipinski definition) is 2. The van der Waals surface area contributed by atoms with E-state index in [1.807, 2.05) is 6.92 Å². The van der Waals surface area contributed by atoms with Gasteiger partial charge in [0.1, 0.15) is 5.75 Å². The van der Waals surface area contributed by atoms with E-state index in [4.69, 9.17) is 4.74 Å². The van der Waals surface area contributed by atoms with Crippen molar-refractivity contribution < 1.29 is 27.4 Å². The molecule has 128 valence electrons. The molecule has 0 aliphatic carbocycles. The van der Waals surface area contributed by atoms with Gasteiger partial charge >= 0.3 is 12.2 Å². The number of benzene rings is 1. The van der Waals surface area contributed by atoms with E-state index < -0.39 is 12.8 Å². The fraction of sp³-hybridized carbons (Fsp3) is 0.533. The van der Waals surface area contributed by atoms with Crippen molar-refractivity contribution in [3.8, 4) is 5.75 Å². The molecule has 2 amide bonds. The third-order valence-corrected chi connectivity index (χ3v) is 3.47. The molecule has 5 nitrogen and oxygen atoms in total. The molecule has 1 saturated heterocycles. The van der Waals surface area contributed by atoms with Crippen LogP contribution in [0.15, 0.2) is 24.3 Å². The van der Waals surface area contributed by atoms with Crippen LogP contribution in [0.2, 0.25) is 0 Å². The Morgan fingerprint density at radius 1 is 1.35 bits per heavy atom. The molecule has 2 atom stereocenters. The van der Waals surface area contributed by atoms with E-state index in [0.717, 1.165) is 12.0 Å². The van der Waals surface area contributed by atoms with Crippen molar-refractivity contribution in [1.82, 2.24) is 10.6 Å². The number of halogens is 3. The van der Waals surface area contributed by atoms with Gasteiger partial charge in [-0.1, -0.05) is 12.1 Å². The number of alkyl halides is 3. The van der Waals surface area contributed by atoms with E-state index in [1.54, 1.807) is 12.1 Å². The summed E-state index contributed by atoms with van der Waals surface area (Å²) in [6, 6.07) is 5.78. The van der Waals surface area contributed by atoms with Gasteiger partial charge in [0.05, 0.1) is 12.1 Å². The van der Waals surface area contributed by atoms with Crippen molar-refractivity contribution in [2.75, 3.05) is 13.2 Å². The van der Waals surface area contributed by atoms with Crippen molar-refractivity contribution in [3.05, 3.63) is 29.8 Å². The normalized spacial score (nSPS) is 21.0. The molecule has 1 aliphatic heterocycles. The lowest BCUT2D eigenvalue weighted by molar-refractivity contribution is -0.153. The van der Waals surface area contributed by atoms with Crippen LogP contribution in [-0.2, 0) is 11.3 Å². The van der Waals surface area contributed by atoms with Gasteiger partial charge in [0.25, 0.3) is 0 Å². The predicted octanol–water partition coefficient (Wildman–Crippen LogP) is 2.60. The van der Waals surface area contributed by atoms with Gasteiger partial charge in [0, 0.05) is 13.2 Å². The maximum Gasteiger partial charge on any atom is 0.422 e. The summed E-state index contributed by atoms with van der Waals surface area (Å²) in [6.45, 7) is 1.48. The van der Waals surface area contributed by atoms with Crippen LogP contribution in [0.1, 0.15) is 18.9 Å². The van der Waals surface area contributed by atoms with E-state index in [1.165, 1.54) is 12.1 Å². The SMILES string of the molecule is C[C@H]1OCC[C@H]1NC(=O)NCc1ccc(OCC(F)(F)F)cc1. The summed E-state index contributed by atoms with van der Waals surface area (Å²) in [4.78, 5) is 11.8. The number of carbonyl (C=O) groups is 1. The molecule has 2 rings (SSSR count). The van der Waals surface area contributed by atoms with E-state index >= 15 is 0 Å². The minimum atomic E-state index is -4.36. The summed E-state index contributed by atoms with van der Waals surface area (Å²) in [5.41, 5.74) is 0.759. The number of ether oxygens (including phenoxy) is 2. The molecule has 1 aromatic rings. The lowest BCUT2D eigenvalue weighted by Crippen LogP contribution is -2.44. The third kappa shape index (κ3) is 5.97. The van der Waals surface area contributed by atoms with Crippen LogP contribution in [0.4, 0.5) is 18.0 Å². The summed E-state index contributed by atoms with van der Waals surface area (Å²) in [5.74, 6) is 0.132. The Bertz CT molecular complexity index is 520. The van der Waals surface area contributed by atoms with E-state index in [-0.39, 0.29) is 30.5 Å². The number of hydrogen-bond acceptors (Lipinski definition) is 3. The maximum absolute atomic E-state index is 12.0. The number of nitrogens with one attached hydrogen (secondary N) is 2. The van der Waals surface area contributed by atoms with Crippen LogP contribution in [0.3, 0.4) is 0 Å². The summed E-state index contributed by atoms with van der Waals surface area (Å²) >= 11 is 0. The topological polar surface area (TPSA) is 59.6 Å². The summed E-state index contributed by atoms with van der Waals surface area (Å²) in [7, 11) is 0. The average Bonchev–Trinajstić information content (AvgIpc) is 2.88. The Kier molecular flexibility index (Phi) is 5.70. The number of urea groups is 1. The maximum atomic E-state index is 12.0. The highest BCUT2D eigenvalue weighted by Crippen LogP contribution is 2.18. The van der Waals surface area contributed by atoms with E-state index in [2.05, 4.69) is 15.4 Å². The third-order valence-electron chi connectivity index (χ3n) is 3.47. The van der Waals surface area contributed by atoms with Gasteiger partial charge < -0.3 is 20.1 Å². The monoisotopic (exact) mass is 332 g/mol. The van der Waals surface area contributed by atoms with Crippen molar-refractivity contribution >= 4 is 6.03 Å². The summed E-state index contributed by atoms with van der Waals surface area (Å²) < 4.78 is 46.1. The van der Waals surface area contributed by atoms with Gasteiger partial charge in [-0.2, -0.15) is 13.2 Å². The van der Waals surface area contributed by atoms with Gasteiger partial charge in [-0.25, -0.2) is 4.79 Å². The Hall–Kier alpha value is -1.96. The second-order valence-electron chi connectivity index (χ2n) is 5.35. The molecule has 0 unspecified atom stereocenters. The molecule has 1 aromatic carbocycles. The van der Waals surface area contributed by atoms with E-state index in [0.29, 0.717) is 6.61 Å². The number of amides is 2. The smallest absolute Gasteiger partial charge is 0.422 e. The minimum Gasteiger partial charge on any atom is -0.484 e. The Balaban J connectivity index is 1.74. The quantitative estimate of drug-likeness (QED) is 0.871. The van der Waals surface area contributed by atoms with Crippen LogP contribution in [-0.4, -0.2) is 37.6 Å². The molecular formula is C15H19F3N2O3. The molecule has 1 fully saturated rings. The molecular weight excluding hydrogens is 313 g/mol. The molecule has 1 heterocycles. The molecule has 0 saturated carbocycles. The summed E-state index contributed by atoms with van der Waals surface area (Å²) in [6.07, 6.45) is -3.59. The molecule has 0 aromatic heterocycles. The molecule has 2 N–H and O–H groups in total. The highest BCUT2D eigenvalue weighted by Gasteiger charge is 2.28. The molecule has 0 spiro atoms. The zero-order valence-corrected chi connectivity index (χ0v) is 12.7. The van der Waals surface area contributed by atoms with Crippen LogP contribution in [0, 0.1) is 0 Å². The van der Waals surface area contributed by atoms with Crippen LogP contribution in [0.25, 0.3) is 0 Å². The van der Waals surface area contributed by atoms with Gasteiger partial charge in [-0.15, -0.1) is 0 Å². The van der Waals surface area contributed by atoms with Crippen molar-refractivity contribution in [2.45, 2.75) is 38.2 Å². The van der Waals surface area contributed by atoms with Gasteiger partial charge in [-0.3, -0.25) is 0 Å². The highest BCUT2D eigenvalue weighted by molar-refractivity contribution is 5.74. The zero-order chi connectivity index (χ0) is 16.9. The Labute approximate surface area is 132 Å². The molecule has 0 bridgehead atoms. The first kappa shape index (κ1) is 17.4. The first-order chi connectivity index (χ1) is 10.8. The Morgan fingerprint density at radius 2 is 2.04 bits per heavy atom. The first-order valence-corrected chi connectivity index (χ1v) is 7.28. The minimum absolute atomic E-state index is 0.00635. The standard InChI is InChI=1S/C15H19F3N2O3/c1-10-13(6-7-22-10)20-14(21)19-8-11-2-4-12(5-3-11)23-9-15(16,17)18/h2-5,10,13H,6-9H2,1H3,(H2,19,20,21)/t10-,13-/m1/s1. The van der Waals surface area contributed by atoms with Gasteiger partial charge in [-0.05, 0) is 31.0 Å². The molecule has 8 heteroatoms. The van der Waals surface area contributed by atoms with Crippen molar-refractivity contribution in [2.24, 2.45) is 0 Å². The predicted molar refractivity (Wildman–Crippen MR) is 77.2 cm³/mol. The lowest BCUT2D eigenvalue weighted by Gasteiger charge is -2.16. The largest absolute Gasteiger partial charge is 0.484 e.